The van der Waals surface area contributed by atoms with E-state index >= 15 is 0 Å². The number of pyridine rings is 2. The molecule has 5 nitrogen and oxygen atoms in total. The summed E-state index contributed by atoms with van der Waals surface area (Å²) in [5.74, 6) is 0. The van der Waals surface area contributed by atoms with Gasteiger partial charge < -0.3 is 0 Å². The van der Waals surface area contributed by atoms with Gasteiger partial charge in [0, 0.05) is 35.6 Å². The molecule has 3 rings (SSSR count). The molecule has 0 spiro atoms. The lowest BCUT2D eigenvalue weighted by atomic mass is 10.1. The van der Waals surface area contributed by atoms with Crippen LogP contribution in [0.1, 0.15) is 10.4 Å². The minimum absolute atomic E-state index is 0.208. The Kier molecular flexibility index (Phi) is 4.51. The first-order valence-electron chi connectivity index (χ1n) is 6.96. The molecule has 3 heterocycles. The van der Waals surface area contributed by atoms with Crippen molar-refractivity contribution in [1.29, 1.82) is 0 Å². The first-order valence-corrected chi connectivity index (χ1v) is 9.26. The number of hydrogen-bond donors (Lipinski definition) is 1. The Balaban J connectivity index is 1.69. The van der Waals surface area contributed by atoms with Gasteiger partial charge in [0.05, 0.1) is 5.69 Å². The van der Waals surface area contributed by atoms with E-state index in [0.717, 1.165) is 21.7 Å². The molecule has 0 fully saturated rings. The molecule has 3 aromatic rings. The van der Waals surface area contributed by atoms with Crippen molar-refractivity contribution in [2.24, 2.45) is 0 Å². The number of aromatic nitrogens is 2. The summed E-state index contributed by atoms with van der Waals surface area (Å²) >= 11 is 1.26. The summed E-state index contributed by atoms with van der Waals surface area (Å²) in [7, 11) is -3.47. The molecular weight excluding hydrogens is 330 g/mol. The molecule has 0 aliphatic carbocycles. The van der Waals surface area contributed by atoms with Gasteiger partial charge in [0.1, 0.15) is 4.21 Å². The Morgan fingerprint density at radius 1 is 1.13 bits per heavy atom. The molecule has 3 aromatic heterocycles. The predicted octanol–water partition coefficient (Wildman–Crippen LogP) is 2.99. The molecule has 0 atom stereocenters. The Bertz CT molecular complexity index is 889. The monoisotopic (exact) mass is 345 g/mol. The number of nitrogens with zero attached hydrogens (tertiary/aromatic N) is 2. The Labute approximate surface area is 139 Å². The summed E-state index contributed by atoms with van der Waals surface area (Å²) in [5.41, 5.74) is 2.53. The van der Waals surface area contributed by atoms with Crippen LogP contribution >= 0.6 is 11.3 Å². The van der Waals surface area contributed by atoms with Crippen molar-refractivity contribution in [3.05, 3.63) is 65.4 Å². The van der Waals surface area contributed by atoms with Crippen LogP contribution in [0.3, 0.4) is 0 Å². The zero-order valence-corrected chi connectivity index (χ0v) is 14.1. The largest absolute Gasteiger partial charge is 0.264 e. The van der Waals surface area contributed by atoms with Gasteiger partial charge in [-0.25, -0.2) is 13.1 Å². The van der Waals surface area contributed by atoms with Crippen LogP contribution < -0.4 is 4.72 Å². The number of hydrogen-bond acceptors (Lipinski definition) is 5. The van der Waals surface area contributed by atoms with Crippen molar-refractivity contribution in [2.45, 2.75) is 17.7 Å². The van der Waals surface area contributed by atoms with Gasteiger partial charge in [0.15, 0.2) is 0 Å². The van der Waals surface area contributed by atoms with Crippen LogP contribution in [-0.4, -0.2) is 18.4 Å². The van der Waals surface area contributed by atoms with Crippen molar-refractivity contribution in [1.82, 2.24) is 14.7 Å². The van der Waals surface area contributed by atoms with E-state index < -0.39 is 10.0 Å². The van der Waals surface area contributed by atoms with E-state index in [0.29, 0.717) is 4.21 Å². The van der Waals surface area contributed by atoms with E-state index in [1.165, 1.54) is 11.3 Å². The van der Waals surface area contributed by atoms with Gasteiger partial charge >= 0.3 is 0 Å². The normalized spacial score (nSPS) is 11.5. The van der Waals surface area contributed by atoms with Crippen LogP contribution in [0.15, 0.2) is 59.2 Å². The summed E-state index contributed by atoms with van der Waals surface area (Å²) in [5, 5.41) is 0. The molecule has 0 saturated heterocycles. The quantitative estimate of drug-likeness (QED) is 0.771. The van der Waals surface area contributed by atoms with Crippen LogP contribution in [0, 0.1) is 6.92 Å². The van der Waals surface area contributed by atoms with Gasteiger partial charge in [0.25, 0.3) is 0 Å². The van der Waals surface area contributed by atoms with Crippen molar-refractivity contribution in [3.63, 3.8) is 0 Å². The lowest BCUT2D eigenvalue weighted by Gasteiger charge is -2.06. The van der Waals surface area contributed by atoms with Crippen molar-refractivity contribution in [2.75, 3.05) is 0 Å². The highest BCUT2D eigenvalue weighted by molar-refractivity contribution is 7.91. The van der Waals surface area contributed by atoms with Crippen molar-refractivity contribution < 1.29 is 8.42 Å². The van der Waals surface area contributed by atoms with Gasteiger partial charge in [-0.3, -0.25) is 9.97 Å². The van der Waals surface area contributed by atoms with E-state index in [2.05, 4.69) is 14.7 Å². The Hall–Kier alpha value is -2.09. The molecule has 0 bridgehead atoms. The minimum Gasteiger partial charge on any atom is -0.264 e. The molecule has 0 saturated carbocycles. The van der Waals surface area contributed by atoms with Crippen LogP contribution in [0.5, 0.6) is 0 Å². The standard InChI is InChI=1S/C16H15N3O2S2/c1-12-4-7-16(22-12)23(20,21)19-10-13-5-6-15(18-9-13)14-3-2-8-17-11-14/h2-9,11,19H,10H2,1H3. The minimum atomic E-state index is -3.47. The number of aryl methyl sites for hydroxylation is 1. The summed E-state index contributed by atoms with van der Waals surface area (Å²) in [6.45, 7) is 2.09. The molecule has 7 heteroatoms. The van der Waals surface area contributed by atoms with Crippen LogP contribution in [0.4, 0.5) is 0 Å². The SMILES string of the molecule is Cc1ccc(S(=O)(=O)NCc2ccc(-c3cccnc3)nc2)s1. The third-order valence-corrected chi connectivity index (χ3v) is 6.12. The summed E-state index contributed by atoms with van der Waals surface area (Å²) in [4.78, 5) is 9.38. The number of rotatable bonds is 5. The molecule has 0 aliphatic heterocycles. The molecule has 23 heavy (non-hydrogen) atoms. The molecule has 0 unspecified atom stereocenters. The number of thiophene rings is 1. The topological polar surface area (TPSA) is 72.0 Å². The van der Waals surface area contributed by atoms with Crippen LogP contribution in [-0.2, 0) is 16.6 Å². The van der Waals surface area contributed by atoms with Crippen molar-refractivity contribution >= 4 is 21.4 Å². The van der Waals surface area contributed by atoms with Gasteiger partial charge in [-0.15, -0.1) is 11.3 Å². The highest BCUT2D eigenvalue weighted by Crippen LogP contribution is 2.21. The molecule has 0 aromatic carbocycles. The fourth-order valence-electron chi connectivity index (χ4n) is 2.02. The molecule has 0 radical (unpaired) electrons. The number of nitrogens with one attached hydrogen (secondary N) is 1. The summed E-state index contributed by atoms with van der Waals surface area (Å²) in [6, 6.07) is 10.9. The average molecular weight is 345 g/mol. The van der Waals surface area contributed by atoms with Crippen LogP contribution in [0.25, 0.3) is 11.3 Å². The third-order valence-electron chi connectivity index (χ3n) is 3.23. The Morgan fingerprint density at radius 3 is 2.61 bits per heavy atom. The average Bonchev–Trinajstić information content (AvgIpc) is 3.02. The van der Waals surface area contributed by atoms with Gasteiger partial charge in [-0.05, 0) is 42.8 Å². The predicted molar refractivity (Wildman–Crippen MR) is 90.5 cm³/mol. The van der Waals surface area contributed by atoms with E-state index in [1.54, 1.807) is 30.7 Å². The molecule has 1 N–H and O–H groups in total. The van der Waals surface area contributed by atoms with Gasteiger partial charge in [-0.2, -0.15) is 0 Å². The fourth-order valence-corrected chi connectivity index (χ4v) is 4.37. The maximum Gasteiger partial charge on any atom is 0.250 e. The van der Waals surface area contributed by atoms with Crippen LogP contribution in [0.2, 0.25) is 0 Å². The maximum atomic E-state index is 12.2. The molecule has 0 aliphatic rings. The molecule has 0 amide bonds. The second kappa shape index (κ2) is 6.57. The van der Waals surface area contributed by atoms with E-state index in [1.807, 2.05) is 31.2 Å². The first kappa shape index (κ1) is 15.8. The zero-order chi connectivity index (χ0) is 16.3. The van der Waals surface area contributed by atoms with E-state index in [-0.39, 0.29) is 6.54 Å². The highest BCUT2D eigenvalue weighted by atomic mass is 32.2. The van der Waals surface area contributed by atoms with E-state index in [9.17, 15) is 8.42 Å². The first-order chi connectivity index (χ1) is 11.0. The van der Waals surface area contributed by atoms with Gasteiger partial charge in [0.2, 0.25) is 10.0 Å². The molecular formula is C16H15N3O2S2. The Morgan fingerprint density at radius 2 is 2.00 bits per heavy atom. The fraction of sp³-hybridized carbons (Fsp3) is 0.125. The highest BCUT2D eigenvalue weighted by Gasteiger charge is 2.15. The summed E-state index contributed by atoms with van der Waals surface area (Å²) < 4.78 is 27.3. The van der Waals surface area contributed by atoms with Gasteiger partial charge in [-0.1, -0.05) is 6.07 Å². The summed E-state index contributed by atoms with van der Waals surface area (Å²) in [6.07, 6.45) is 5.12. The maximum absolute atomic E-state index is 12.2. The second-order valence-corrected chi connectivity index (χ2v) is 8.26. The lowest BCUT2D eigenvalue weighted by Crippen LogP contribution is -2.22. The molecule has 118 valence electrons. The third kappa shape index (κ3) is 3.82. The van der Waals surface area contributed by atoms with Crippen molar-refractivity contribution in [3.8, 4) is 11.3 Å². The van der Waals surface area contributed by atoms with E-state index in [4.69, 9.17) is 0 Å². The lowest BCUT2D eigenvalue weighted by molar-refractivity contribution is 0.583. The smallest absolute Gasteiger partial charge is 0.250 e. The number of sulfonamides is 1. The zero-order valence-electron chi connectivity index (χ0n) is 12.4. The second-order valence-electron chi connectivity index (χ2n) is 4.98.